The molecule has 6 heteroatoms. The van der Waals surface area contributed by atoms with Crippen molar-refractivity contribution in [2.24, 2.45) is 0 Å². The van der Waals surface area contributed by atoms with E-state index in [4.69, 9.17) is 22.1 Å². The summed E-state index contributed by atoms with van der Waals surface area (Å²) in [5, 5.41) is 0.0144. The average molecular weight is 328 g/mol. The third-order valence-corrected chi connectivity index (χ3v) is 4.55. The maximum absolute atomic E-state index is 13.1. The number of benzene rings is 2. The van der Waals surface area contributed by atoms with Crippen LogP contribution >= 0.6 is 11.6 Å². The van der Waals surface area contributed by atoms with E-state index < -0.39 is 16.6 Å². The lowest BCUT2D eigenvalue weighted by Crippen LogP contribution is -2.02. The third kappa shape index (κ3) is 3.95. The van der Waals surface area contributed by atoms with Crippen LogP contribution < -0.4 is 10.5 Å². The van der Waals surface area contributed by atoms with Crippen LogP contribution in [0.2, 0.25) is 5.02 Å². The smallest absolute Gasteiger partial charge is 0.141 e. The minimum absolute atomic E-state index is 0.0144. The molecular formula is C15H15ClFNO2S. The Kier molecular flexibility index (Phi) is 5.20. The van der Waals surface area contributed by atoms with Crippen LogP contribution in [0.1, 0.15) is 12.5 Å². The maximum atomic E-state index is 13.1. The zero-order valence-electron chi connectivity index (χ0n) is 11.4. The molecule has 2 aromatic rings. The zero-order valence-corrected chi connectivity index (χ0v) is 13.0. The van der Waals surface area contributed by atoms with Crippen molar-refractivity contribution in [1.82, 2.24) is 0 Å². The van der Waals surface area contributed by atoms with Gasteiger partial charge in [-0.1, -0.05) is 17.7 Å². The Morgan fingerprint density at radius 1 is 1.29 bits per heavy atom. The fraction of sp³-hybridized carbons (Fsp3) is 0.200. The molecule has 0 aliphatic carbocycles. The van der Waals surface area contributed by atoms with Gasteiger partial charge in [0.15, 0.2) is 0 Å². The first-order valence-corrected chi connectivity index (χ1v) is 8.05. The monoisotopic (exact) mass is 327 g/mol. The van der Waals surface area contributed by atoms with E-state index in [0.717, 1.165) is 0 Å². The first-order chi connectivity index (χ1) is 10.0. The fourth-order valence-corrected chi connectivity index (χ4v) is 3.25. The summed E-state index contributed by atoms with van der Waals surface area (Å²) in [6, 6.07) is 9.35. The van der Waals surface area contributed by atoms with Crippen molar-refractivity contribution in [2.75, 3.05) is 12.3 Å². The first kappa shape index (κ1) is 15.8. The zero-order chi connectivity index (χ0) is 15.4. The summed E-state index contributed by atoms with van der Waals surface area (Å²) >= 11 is 5.72. The second-order valence-corrected chi connectivity index (χ2v) is 6.20. The predicted molar refractivity (Wildman–Crippen MR) is 83.5 cm³/mol. The van der Waals surface area contributed by atoms with Gasteiger partial charge in [0.05, 0.1) is 33.1 Å². The molecule has 3 nitrogen and oxygen atoms in total. The van der Waals surface area contributed by atoms with Gasteiger partial charge in [-0.25, -0.2) is 4.39 Å². The Morgan fingerprint density at radius 2 is 2.05 bits per heavy atom. The normalized spacial score (nSPS) is 12.1. The van der Waals surface area contributed by atoms with Crippen molar-refractivity contribution < 1.29 is 13.3 Å². The van der Waals surface area contributed by atoms with Gasteiger partial charge in [0.25, 0.3) is 0 Å². The Hall–Kier alpha value is -1.59. The summed E-state index contributed by atoms with van der Waals surface area (Å²) in [5.41, 5.74) is 6.98. The molecule has 0 amide bonds. The highest BCUT2D eigenvalue weighted by molar-refractivity contribution is 7.84. The predicted octanol–water partition coefficient (Wildman–Crippen LogP) is 3.77. The molecule has 2 rings (SSSR count). The standard InChI is InChI=1S/C15H15ClFNO2S/c1-2-20-11-4-6-14(18)15(8-11)21(19)9-10-3-5-13(17)12(16)7-10/h3-8H,2,9,18H2,1H3. The van der Waals surface area contributed by atoms with Crippen molar-refractivity contribution in [3.63, 3.8) is 0 Å². The molecule has 0 aliphatic heterocycles. The number of ether oxygens (including phenoxy) is 1. The second-order valence-electron chi connectivity index (χ2n) is 4.37. The largest absolute Gasteiger partial charge is 0.494 e. The Labute approximate surface area is 130 Å². The molecule has 0 radical (unpaired) electrons. The van der Waals surface area contributed by atoms with E-state index in [9.17, 15) is 8.60 Å². The molecule has 0 spiro atoms. The van der Waals surface area contributed by atoms with Gasteiger partial charge in [0.1, 0.15) is 11.6 Å². The Bertz CT molecular complexity index is 679. The van der Waals surface area contributed by atoms with Gasteiger partial charge in [-0.3, -0.25) is 4.21 Å². The molecule has 2 aromatic carbocycles. The number of nitrogens with two attached hydrogens (primary N) is 1. The van der Waals surface area contributed by atoms with Crippen LogP contribution in [0.4, 0.5) is 10.1 Å². The third-order valence-electron chi connectivity index (χ3n) is 2.82. The van der Waals surface area contributed by atoms with Gasteiger partial charge in [0.2, 0.25) is 0 Å². The van der Waals surface area contributed by atoms with Gasteiger partial charge in [-0.05, 0) is 42.8 Å². The lowest BCUT2D eigenvalue weighted by atomic mass is 10.2. The van der Waals surface area contributed by atoms with Crippen LogP contribution in [-0.4, -0.2) is 10.8 Å². The number of halogens is 2. The lowest BCUT2D eigenvalue weighted by molar-refractivity contribution is 0.339. The van der Waals surface area contributed by atoms with Gasteiger partial charge in [0, 0.05) is 5.69 Å². The number of hydrogen-bond donors (Lipinski definition) is 1. The molecule has 1 atom stereocenters. The second kappa shape index (κ2) is 6.91. The summed E-state index contributed by atoms with van der Waals surface area (Å²) in [6.07, 6.45) is 0. The quantitative estimate of drug-likeness (QED) is 0.850. The molecular weight excluding hydrogens is 313 g/mol. The molecule has 0 saturated heterocycles. The fourth-order valence-electron chi connectivity index (χ4n) is 1.83. The molecule has 0 heterocycles. The van der Waals surface area contributed by atoms with Crippen LogP contribution in [0.3, 0.4) is 0 Å². The van der Waals surface area contributed by atoms with Gasteiger partial charge < -0.3 is 10.5 Å². The van der Waals surface area contributed by atoms with Crippen LogP contribution in [0.25, 0.3) is 0 Å². The molecule has 0 aromatic heterocycles. The van der Waals surface area contributed by atoms with E-state index in [1.54, 1.807) is 24.3 Å². The van der Waals surface area contributed by atoms with Crippen LogP contribution in [-0.2, 0) is 16.6 Å². The topological polar surface area (TPSA) is 52.3 Å². The molecule has 0 saturated carbocycles. The van der Waals surface area contributed by atoms with Gasteiger partial charge in [-0.2, -0.15) is 0 Å². The van der Waals surface area contributed by atoms with E-state index in [2.05, 4.69) is 0 Å². The Morgan fingerprint density at radius 3 is 2.71 bits per heavy atom. The highest BCUT2D eigenvalue weighted by Gasteiger charge is 2.12. The molecule has 112 valence electrons. The van der Waals surface area contributed by atoms with Crippen LogP contribution in [0.5, 0.6) is 5.75 Å². The first-order valence-electron chi connectivity index (χ1n) is 6.36. The summed E-state index contributed by atoms with van der Waals surface area (Å²) in [7, 11) is -1.36. The van der Waals surface area contributed by atoms with Crippen molar-refractivity contribution in [1.29, 1.82) is 0 Å². The minimum atomic E-state index is -1.36. The number of nitrogen functional groups attached to an aromatic ring is 1. The van der Waals surface area contributed by atoms with E-state index in [0.29, 0.717) is 28.5 Å². The average Bonchev–Trinajstić information content (AvgIpc) is 2.45. The molecule has 2 N–H and O–H groups in total. The van der Waals surface area contributed by atoms with Crippen molar-refractivity contribution >= 4 is 28.1 Å². The van der Waals surface area contributed by atoms with Gasteiger partial charge >= 0.3 is 0 Å². The maximum Gasteiger partial charge on any atom is 0.141 e. The van der Waals surface area contributed by atoms with E-state index in [-0.39, 0.29) is 10.8 Å². The van der Waals surface area contributed by atoms with Gasteiger partial charge in [-0.15, -0.1) is 0 Å². The highest BCUT2D eigenvalue weighted by atomic mass is 35.5. The Balaban J connectivity index is 2.23. The van der Waals surface area contributed by atoms with E-state index >= 15 is 0 Å². The highest BCUT2D eigenvalue weighted by Crippen LogP contribution is 2.25. The summed E-state index contributed by atoms with van der Waals surface area (Å²) in [5.74, 6) is 0.330. The summed E-state index contributed by atoms with van der Waals surface area (Å²) in [6.45, 7) is 2.39. The summed E-state index contributed by atoms with van der Waals surface area (Å²) < 4.78 is 30.9. The summed E-state index contributed by atoms with van der Waals surface area (Å²) in [4.78, 5) is 0.501. The van der Waals surface area contributed by atoms with Crippen LogP contribution in [0.15, 0.2) is 41.3 Å². The van der Waals surface area contributed by atoms with Crippen LogP contribution in [0, 0.1) is 5.82 Å². The van der Waals surface area contributed by atoms with Crippen molar-refractivity contribution in [2.45, 2.75) is 17.6 Å². The minimum Gasteiger partial charge on any atom is -0.494 e. The number of anilines is 1. The van der Waals surface area contributed by atoms with Crippen molar-refractivity contribution in [3.8, 4) is 5.75 Å². The molecule has 21 heavy (non-hydrogen) atoms. The number of rotatable bonds is 5. The molecule has 0 aliphatic rings. The lowest BCUT2D eigenvalue weighted by Gasteiger charge is -2.09. The molecule has 0 fully saturated rings. The van der Waals surface area contributed by atoms with Crippen molar-refractivity contribution in [3.05, 3.63) is 52.8 Å². The van der Waals surface area contributed by atoms with E-state index in [1.807, 2.05) is 6.92 Å². The number of hydrogen-bond acceptors (Lipinski definition) is 3. The SMILES string of the molecule is CCOc1ccc(N)c(S(=O)Cc2ccc(F)c(Cl)c2)c1. The molecule has 0 bridgehead atoms. The molecule has 1 unspecified atom stereocenters. The van der Waals surface area contributed by atoms with E-state index in [1.165, 1.54) is 12.1 Å².